The van der Waals surface area contributed by atoms with Gasteiger partial charge in [0.25, 0.3) is 0 Å². The predicted octanol–water partition coefficient (Wildman–Crippen LogP) is -2.73. The Bertz CT molecular complexity index is 444. The summed E-state index contributed by atoms with van der Waals surface area (Å²) in [6.07, 6.45) is -1.16. The Morgan fingerprint density at radius 2 is 2.41 bits per heavy atom. The largest absolute Gasteiger partial charge is 0.465 e. The van der Waals surface area contributed by atoms with E-state index >= 15 is 0 Å². The molecule has 10 heteroatoms. The minimum Gasteiger partial charge on any atom is -0.465 e. The van der Waals surface area contributed by atoms with Crippen LogP contribution in [-0.2, 0) is 17.9 Å². The van der Waals surface area contributed by atoms with Crippen LogP contribution in [0.25, 0.3) is 0 Å². The van der Waals surface area contributed by atoms with Gasteiger partial charge < -0.3 is 21.5 Å². The Labute approximate surface area is 95.2 Å². The molecule has 0 aliphatic carbocycles. The molecule has 0 bridgehead atoms. The van der Waals surface area contributed by atoms with Crippen molar-refractivity contribution in [2.75, 3.05) is 0 Å². The van der Waals surface area contributed by atoms with E-state index in [1.54, 1.807) is 0 Å². The van der Waals surface area contributed by atoms with E-state index in [1.807, 2.05) is 0 Å². The molecule has 0 spiro atoms. The Morgan fingerprint density at radius 3 is 3.00 bits per heavy atom. The van der Waals surface area contributed by atoms with Gasteiger partial charge in [-0.1, -0.05) is 0 Å². The van der Waals surface area contributed by atoms with Gasteiger partial charge in [0.1, 0.15) is 6.04 Å². The van der Waals surface area contributed by atoms with Gasteiger partial charge >= 0.3 is 6.09 Å². The van der Waals surface area contributed by atoms with Crippen LogP contribution in [0.3, 0.4) is 0 Å². The van der Waals surface area contributed by atoms with Gasteiger partial charge in [-0.3, -0.25) is 4.79 Å². The van der Waals surface area contributed by atoms with E-state index in [0.717, 1.165) is 0 Å². The van der Waals surface area contributed by atoms with E-state index < -0.39 is 12.1 Å². The second-order valence-electron chi connectivity index (χ2n) is 3.56. The van der Waals surface area contributed by atoms with Crippen LogP contribution >= 0.6 is 0 Å². The zero-order chi connectivity index (χ0) is 12.4. The molecule has 0 aromatic carbocycles. The van der Waals surface area contributed by atoms with Crippen LogP contribution in [0.5, 0.6) is 0 Å². The van der Waals surface area contributed by atoms with Gasteiger partial charge in [-0.2, -0.15) is 4.80 Å². The fourth-order valence-electron chi connectivity index (χ4n) is 1.37. The first-order chi connectivity index (χ1) is 8.06. The summed E-state index contributed by atoms with van der Waals surface area (Å²) in [6, 6.07) is -0.765. The molecule has 0 unspecified atom stereocenters. The van der Waals surface area contributed by atoms with Crippen LogP contribution in [0, 0.1) is 0 Å². The van der Waals surface area contributed by atoms with Gasteiger partial charge in [0.15, 0.2) is 5.82 Å². The highest BCUT2D eigenvalue weighted by atomic mass is 16.4. The molecule has 1 aliphatic rings. The van der Waals surface area contributed by atoms with Gasteiger partial charge in [-0.25, -0.2) is 4.79 Å². The lowest BCUT2D eigenvalue weighted by Crippen LogP contribution is -2.68. The molecule has 1 saturated heterocycles. The number of carboxylic acid groups (broad SMARTS) is 1. The lowest BCUT2D eigenvalue weighted by Gasteiger charge is -2.32. The second-order valence-corrected chi connectivity index (χ2v) is 3.56. The van der Waals surface area contributed by atoms with Crippen molar-refractivity contribution in [2.24, 2.45) is 5.73 Å². The first kappa shape index (κ1) is 11.3. The summed E-state index contributed by atoms with van der Waals surface area (Å²) in [5.41, 5.74) is 5.53. The molecule has 2 rings (SSSR count). The highest BCUT2D eigenvalue weighted by Crippen LogP contribution is 2.04. The van der Waals surface area contributed by atoms with Crippen molar-refractivity contribution in [1.82, 2.24) is 30.8 Å². The molecule has 0 saturated carbocycles. The third-order valence-corrected chi connectivity index (χ3v) is 2.32. The van der Waals surface area contributed by atoms with Crippen molar-refractivity contribution < 1.29 is 14.7 Å². The molecule has 0 radical (unpaired) electrons. The molecule has 1 aromatic rings. The molecule has 2 heterocycles. The number of nitrogens with zero attached hydrogens (tertiary/aromatic N) is 4. The van der Waals surface area contributed by atoms with Crippen molar-refractivity contribution in [3.63, 3.8) is 0 Å². The van der Waals surface area contributed by atoms with Crippen molar-refractivity contribution in [3.8, 4) is 0 Å². The van der Waals surface area contributed by atoms with Crippen LogP contribution in [0.15, 0.2) is 0 Å². The highest BCUT2D eigenvalue weighted by molar-refractivity contribution is 5.88. The van der Waals surface area contributed by atoms with Gasteiger partial charge in [0.05, 0.1) is 19.1 Å². The molecule has 1 aliphatic heterocycles. The van der Waals surface area contributed by atoms with Gasteiger partial charge in [-0.15, -0.1) is 10.2 Å². The van der Waals surface area contributed by atoms with Gasteiger partial charge in [0.2, 0.25) is 5.91 Å². The number of carbonyl (C=O) groups is 2. The van der Waals surface area contributed by atoms with Crippen molar-refractivity contribution in [3.05, 3.63) is 5.82 Å². The van der Waals surface area contributed by atoms with E-state index in [4.69, 9.17) is 10.8 Å². The van der Waals surface area contributed by atoms with Crippen molar-refractivity contribution >= 4 is 12.0 Å². The van der Waals surface area contributed by atoms with E-state index in [1.165, 1.54) is 4.80 Å². The average molecular weight is 241 g/mol. The molecule has 1 aromatic heterocycles. The minimum atomic E-state index is -1.16. The number of aromatic nitrogens is 4. The Hall–Kier alpha value is -2.23. The number of nitrogens with one attached hydrogen (secondary N) is 2. The lowest BCUT2D eigenvalue weighted by molar-refractivity contribution is -0.130. The first-order valence-corrected chi connectivity index (χ1v) is 4.85. The van der Waals surface area contributed by atoms with Crippen LogP contribution in [0.2, 0.25) is 0 Å². The Balaban J connectivity index is 1.86. The third kappa shape index (κ3) is 2.47. The number of β-lactam (4-membered cyclic amide) rings is 1. The van der Waals surface area contributed by atoms with Crippen molar-refractivity contribution in [1.29, 1.82) is 0 Å². The maximum atomic E-state index is 10.8. The van der Waals surface area contributed by atoms with Gasteiger partial charge in [-0.05, 0) is 5.21 Å². The second kappa shape index (κ2) is 4.33. The SMILES string of the molecule is N[C@@H]1C(=O)N[C@@H]1Cn1nnc(CNC(=O)O)n1. The maximum absolute atomic E-state index is 10.8. The molecular weight excluding hydrogens is 230 g/mol. The molecule has 2 amide bonds. The van der Waals surface area contributed by atoms with Crippen LogP contribution in [0.1, 0.15) is 5.82 Å². The highest BCUT2D eigenvalue weighted by Gasteiger charge is 2.36. The molecule has 1 fully saturated rings. The topological polar surface area (TPSA) is 148 Å². The summed E-state index contributed by atoms with van der Waals surface area (Å²) in [4.78, 5) is 22.3. The number of hydrogen-bond acceptors (Lipinski definition) is 6. The molecular formula is C7H11N7O3. The van der Waals surface area contributed by atoms with Crippen LogP contribution in [0.4, 0.5) is 4.79 Å². The normalized spacial score (nSPS) is 22.8. The maximum Gasteiger partial charge on any atom is 0.405 e. The zero-order valence-electron chi connectivity index (χ0n) is 8.70. The molecule has 17 heavy (non-hydrogen) atoms. The third-order valence-electron chi connectivity index (χ3n) is 2.32. The smallest absolute Gasteiger partial charge is 0.405 e. The molecule has 2 atom stereocenters. The summed E-state index contributed by atoms with van der Waals surface area (Å²) >= 11 is 0. The standard InChI is InChI=1S/C7H11N7O3/c8-5-3(10-6(5)15)2-14-12-4(11-13-14)1-9-7(16)17/h3,5,9H,1-2,8H2,(H,10,15)(H,16,17)/t3-,5+/m1/s1. The summed E-state index contributed by atoms with van der Waals surface area (Å²) in [5.74, 6) is 0.0505. The number of amides is 2. The van der Waals surface area contributed by atoms with E-state index in [2.05, 4.69) is 26.0 Å². The number of rotatable bonds is 4. The minimum absolute atomic E-state index is 0.0155. The summed E-state index contributed by atoms with van der Waals surface area (Å²) < 4.78 is 0. The Kier molecular flexibility index (Phi) is 2.87. The first-order valence-electron chi connectivity index (χ1n) is 4.85. The molecule has 10 nitrogen and oxygen atoms in total. The van der Waals surface area contributed by atoms with Gasteiger partial charge in [0, 0.05) is 0 Å². The summed E-state index contributed by atoms with van der Waals surface area (Å²) in [7, 11) is 0. The summed E-state index contributed by atoms with van der Waals surface area (Å²) in [5, 5.41) is 24.4. The fraction of sp³-hybridized carbons (Fsp3) is 0.571. The predicted molar refractivity (Wildman–Crippen MR) is 52.6 cm³/mol. The fourth-order valence-corrected chi connectivity index (χ4v) is 1.37. The number of nitrogens with two attached hydrogens (primary N) is 1. The quantitative estimate of drug-likeness (QED) is 0.418. The van der Waals surface area contributed by atoms with Crippen LogP contribution in [-0.4, -0.2) is 49.4 Å². The molecule has 5 N–H and O–H groups in total. The molecule has 92 valence electrons. The van der Waals surface area contributed by atoms with E-state index in [9.17, 15) is 9.59 Å². The van der Waals surface area contributed by atoms with Crippen LogP contribution < -0.4 is 16.4 Å². The average Bonchev–Trinajstić information content (AvgIpc) is 2.73. The van der Waals surface area contributed by atoms with E-state index in [0.29, 0.717) is 6.54 Å². The number of hydrogen-bond donors (Lipinski definition) is 4. The number of carbonyl (C=O) groups excluding carboxylic acids is 1. The summed E-state index contributed by atoms with van der Waals surface area (Å²) in [6.45, 7) is 0.297. The Morgan fingerprint density at radius 1 is 1.65 bits per heavy atom. The monoisotopic (exact) mass is 241 g/mol. The van der Waals surface area contributed by atoms with Crippen molar-refractivity contribution in [2.45, 2.75) is 25.2 Å². The zero-order valence-corrected chi connectivity index (χ0v) is 8.70. The lowest BCUT2D eigenvalue weighted by atomic mass is 10.0. The van der Waals surface area contributed by atoms with E-state index in [-0.39, 0.29) is 24.3 Å². The number of tetrazole rings is 1.